The second-order valence-corrected chi connectivity index (χ2v) is 9.15. The molecular weight excluding hydrogens is 342 g/mol. The molecule has 1 aliphatic carbocycles. The molecule has 1 saturated heterocycles. The lowest BCUT2D eigenvalue weighted by Gasteiger charge is -2.41. The van der Waals surface area contributed by atoms with Crippen molar-refractivity contribution in [1.29, 1.82) is 0 Å². The number of rotatable bonds is 4. The van der Waals surface area contributed by atoms with E-state index in [1.165, 1.54) is 69.4 Å². The van der Waals surface area contributed by atoms with Gasteiger partial charge in [0.15, 0.2) is 0 Å². The molecule has 3 aliphatic rings. The Kier molecular flexibility index (Phi) is 4.90. The second kappa shape index (κ2) is 7.53. The Balaban J connectivity index is 1.12. The topological polar surface area (TPSA) is 18.5 Å². The highest BCUT2D eigenvalue weighted by Gasteiger charge is 2.40. The zero-order chi connectivity index (χ0) is 19.0. The van der Waals surface area contributed by atoms with Crippen molar-refractivity contribution in [2.75, 3.05) is 32.0 Å². The summed E-state index contributed by atoms with van der Waals surface area (Å²) >= 11 is 0. The van der Waals surface area contributed by atoms with Crippen molar-refractivity contribution in [3.05, 3.63) is 65.2 Å². The zero-order valence-electron chi connectivity index (χ0n) is 17.2. The largest absolute Gasteiger partial charge is 0.369 e. The predicted octanol–water partition coefficient (Wildman–Crippen LogP) is 4.63. The summed E-state index contributed by atoms with van der Waals surface area (Å²) in [5.74, 6) is 0. The fraction of sp³-hybridized carbons (Fsp3) is 0.520. The molecule has 0 radical (unpaired) electrons. The van der Waals surface area contributed by atoms with Crippen LogP contribution >= 0.6 is 0 Å². The van der Waals surface area contributed by atoms with E-state index in [0.29, 0.717) is 11.6 Å². The van der Waals surface area contributed by atoms with E-state index in [1.54, 1.807) is 11.1 Å². The molecule has 5 rings (SSSR count). The van der Waals surface area contributed by atoms with E-state index in [0.717, 1.165) is 6.54 Å². The molecule has 148 valence electrons. The lowest BCUT2D eigenvalue weighted by Crippen LogP contribution is -2.43. The number of benzene rings is 2. The Hall–Kier alpha value is -1.84. The van der Waals surface area contributed by atoms with Crippen molar-refractivity contribution in [3.63, 3.8) is 0 Å². The van der Waals surface area contributed by atoms with Gasteiger partial charge in [-0.05, 0) is 93.4 Å². The quantitative estimate of drug-likeness (QED) is 0.840. The number of aryl methyl sites for hydroxylation is 1. The van der Waals surface area contributed by atoms with Crippen molar-refractivity contribution < 1.29 is 0 Å². The van der Waals surface area contributed by atoms with Crippen LogP contribution in [-0.4, -0.2) is 42.6 Å². The normalized spacial score (nSPS) is 24.0. The van der Waals surface area contributed by atoms with Gasteiger partial charge in [0.1, 0.15) is 0 Å². The van der Waals surface area contributed by atoms with Crippen molar-refractivity contribution in [3.8, 4) is 0 Å². The fourth-order valence-electron chi connectivity index (χ4n) is 5.76. The molecule has 1 atom stereocenters. The Labute approximate surface area is 169 Å². The molecule has 1 spiro atoms. The number of likely N-dealkylation sites (tertiary alicyclic amines) is 1. The standard InChI is InChI=1S/C25H33N3/c1-27-19-21-8-3-5-10-23(21)26-24(27)11-6-16-28-17-14-25(15-18-28)13-12-20-7-2-4-9-22(20)25/h2-5,7-10,24,26H,6,11-19H2,1H3. The predicted molar refractivity (Wildman–Crippen MR) is 117 cm³/mol. The van der Waals surface area contributed by atoms with Crippen molar-refractivity contribution in [1.82, 2.24) is 9.80 Å². The molecule has 2 aromatic rings. The van der Waals surface area contributed by atoms with Crippen LogP contribution in [0.2, 0.25) is 0 Å². The molecule has 1 unspecified atom stereocenters. The Morgan fingerprint density at radius 2 is 1.71 bits per heavy atom. The highest BCUT2D eigenvalue weighted by molar-refractivity contribution is 5.53. The van der Waals surface area contributed by atoms with Gasteiger partial charge in [-0.25, -0.2) is 0 Å². The van der Waals surface area contributed by atoms with Gasteiger partial charge in [0, 0.05) is 12.2 Å². The SMILES string of the molecule is CN1Cc2ccccc2NC1CCCN1CCC2(CCc3ccccc32)CC1. The minimum Gasteiger partial charge on any atom is -0.369 e. The summed E-state index contributed by atoms with van der Waals surface area (Å²) in [6.45, 7) is 4.83. The average molecular weight is 376 g/mol. The maximum atomic E-state index is 3.74. The highest BCUT2D eigenvalue weighted by Crippen LogP contribution is 2.46. The van der Waals surface area contributed by atoms with Gasteiger partial charge in [-0.15, -0.1) is 0 Å². The number of piperidine rings is 1. The van der Waals surface area contributed by atoms with E-state index in [4.69, 9.17) is 0 Å². The Bertz CT molecular complexity index is 822. The van der Waals surface area contributed by atoms with Gasteiger partial charge in [-0.3, -0.25) is 4.90 Å². The van der Waals surface area contributed by atoms with Gasteiger partial charge in [0.25, 0.3) is 0 Å². The molecule has 2 aromatic carbocycles. The van der Waals surface area contributed by atoms with Gasteiger partial charge < -0.3 is 10.2 Å². The summed E-state index contributed by atoms with van der Waals surface area (Å²) in [6, 6.07) is 17.9. The molecule has 0 bridgehead atoms. The summed E-state index contributed by atoms with van der Waals surface area (Å²) in [6.07, 6.45) is 8.31. The van der Waals surface area contributed by atoms with E-state index in [1.807, 2.05) is 0 Å². The van der Waals surface area contributed by atoms with Crippen LogP contribution in [0.3, 0.4) is 0 Å². The average Bonchev–Trinajstić information content (AvgIpc) is 3.08. The molecule has 28 heavy (non-hydrogen) atoms. The third-order valence-corrected chi connectivity index (χ3v) is 7.52. The van der Waals surface area contributed by atoms with Crippen LogP contribution < -0.4 is 5.32 Å². The van der Waals surface area contributed by atoms with E-state index in [2.05, 4.69) is 70.7 Å². The number of nitrogens with zero attached hydrogens (tertiary/aromatic N) is 2. The molecule has 2 aliphatic heterocycles. The first-order valence-corrected chi connectivity index (χ1v) is 11.1. The molecule has 1 N–H and O–H groups in total. The number of hydrogen-bond donors (Lipinski definition) is 1. The molecule has 3 nitrogen and oxygen atoms in total. The monoisotopic (exact) mass is 375 g/mol. The van der Waals surface area contributed by atoms with Crippen molar-refractivity contribution in [2.24, 2.45) is 0 Å². The second-order valence-electron chi connectivity index (χ2n) is 9.15. The fourth-order valence-corrected chi connectivity index (χ4v) is 5.76. The van der Waals surface area contributed by atoms with Crippen LogP contribution in [0.1, 0.15) is 48.8 Å². The van der Waals surface area contributed by atoms with Gasteiger partial charge in [-0.1, -0.05) is 42.5 Å². The smallest absolute Gasteiger partial charge is 0.0794 e. The molecule has 0 amide bonds. The van der Waals surface area contributed by atoms with E-state index < -0.39 is 0 Å². The summed E-state index contributed by atoms with van der Waals surface area (Å²) < 4.78 is 0. The molecule has 0 aromatic heterocycles. The first-order chi connectivity index (χ1) is 13.7. The third-order valence-electron chi connectivity index (χ3n) is 7.52. The van der Waals surface area contributed by atoms with Gasteiger partial charge in [-0.2, -0.15) is 0 Å². The van der Waals surface area contributed by atoms with Crippen LogP contribution in [0.15, 0.2) is 48.5 Å². The minimum atomic E-state index is 0.466. The van der Waals surface area contributed by atoms with Crippen LogP contribution in [0.25, 0.3) is 0 Å². The van der Waals surface area contributed by atoms with Crippen LogP contribution in [0.5, 0.6) is 0 Å². The molecule has 2 heterocycles. The van der Waals surface area contributed by atoms with Crippen LogP contribution in [0, 0.1) is 0 Å². The molecular formula is C25H33N3. The number of para-hydroxylation sites is 1. The van der Waals surface area contributed by atoms with E-state index in [-0.39, 0.29) is 0 Å². The lowest BCUT2D eigenvalue weighted by atomic mass is 9.74. The van der Waals surface area contributed by atoms with Gasteiger partial charge in [0.2, 0.25) is 0 Å². The Morgan fingerprint density at radius 1 is 0.964 bits per heavy atom. The number of fused-ring (bicyclic) bond motifs is 3. The van der Waals surface area contributed by atoms with Crippen molar-refractivity contribution in [2.45, 2.75) is 56.7 Å². The van der Waals surface area contributed by atoms with Crippen LogP contribution in [-0.2, 0) is 18.4 Å². The zero-order valence-corrected chi connectivity index (χ0v) is 17.2. The summed E-state index contributed by atoms with van der Waals surface area (Å²) in [5, 5.41) is 3.74. The van der Waals surface area contributed by atoms with Crippen molar-refractivity contribution >= 4 is 5.69 Å². The number of anilines is 1. The van der Waals surface area contributed by atoms with E-state index in [9.17, 15) is 0 Å². The maximum absolute atomic E-state index is 3.74. The highest BCUT2D eigenvalue weighted by atomic mass is 15.3. The molecule has 0 saturated carbocycles. The molecule has 1 fully saturated rings. The number of nitrogens with one attached hydrogen (secondary N) is 1. The van der Waals surface area contributed by atoms with E-state index >= 15 is 0 Å². The minimum absolute atomic E-state index is 0.466. The summed E-state index contributed by atoms with van der Waals surface area (Å²) in [5.41, 5.74) is 6.51. The first-order valence-electron chi connectivity index (χ1n) is 11.1. The molecule has 3 heteroatoms. The maximum Gasteiger partial charge on any atom is 0.0794 e. The third kappa shape index (κ3) is 3.35. The number of hydrogen-bond acceptors (Lipinski definition) is 3. The van der Waals surface area contributed by atoms with Crippen LogP contribution in [0.4, 0.5) is 5.69 Å². The lowest BCUT2D eigenvalue weighted by molar-refractivity contribution is 0.150. The first kappa shape index (κ1) is 18.2. The summed E-state index contributed by atoms with van der Waals surface area (Å²) in [7, 11) is 2.25. The van der Waals surface area contributed by atoms with Gasteiger partial charge >= 0.3 is 0 Å². The van der Waals surface area contributed by atoms with Gasteiger partial charge in [0.05, 0.1) is 6.17 Å². The Morgan fingerprint density at radius 3 is 2.57 bits per heavy atom. The summed E-state index contributed by atoms with van der Waals surface area (Å²) in [4.78, 5) is 5.17.